The zero-order valence-corrected chi connectivity index (χ0v) is 17.0. The Morgan fingerprint density at radius 1 is 1.08 bits per heavy atom. The largest absolute Gasteiger partial charge is 0.490 e. The number of ether oxygens (including phenoxy) is 2. The normalized spacial score (nSPS) is 10.4. The van der Waals surface area contributed by atoms with Crippen molar-refractivity contribution in [2.45, 2.75) is 25.2 Å². The van der Waals surface area contributed by atoms with Crippen LogP contribution in [-0.2, 0) is 11.2 Å². The third-order valence-electron chi connectivity index (χ3n) is 3.44. The van der Waals surface area contributed by atoms with E-state index in [1.165, 1.54) is 0 Å². The van der Waals surface area contributed by atoms with Gasteiger partial charge in [-0.15, -0.1) is 11.8 Å². The molecule has 0 atom stereocenters. The third kappa shape index (κ3) is 5.68. The maximum atomic E-state index is 12.4. The summed E-state index contributed by atoms with van der Waals surface area (Å²) in [7, 11) is 0. The maximum Gasteiger partial charge on any atom is 0.228 e. The predicted octanol–water partition coefficient (Wildman–Crippen LogP) is 5.15. The van der Waals surface area contributed by atoms with Gasteiger partial charge in [-0.2, -0.15) is 0 Å². The summed E-state index contributed by atoms with van der Waals surface area (Å²) in [6, 6.07) is 11.5. The van der Waals surface area contributed by atoms with E-state index in [-0.39, 0.29) is 12.3 Å². The van der Waals surface area contributed by atoms with E-state index in [1.54, 1.807) is 11.8 Å². The Morgan fingerprint density at radius 2 is 1.68 bits per heavy atom. The minimum absolute atomic E-state index is 0.0794. The van der Waals surface area contributed by atoms with Crippen LogP contribution in [0.2, 0.25) is 0 Å². The predicted molar refractivity (Wildman–Crippen MR) is 107 cm³/mol. The Labute approximate surface area is 161 Å². The lowest BCUT2D eigenvalue weighted by Crippen LogP contribution is -2.15. The molecule has 6 heteroatoms. The van der Waals surface area contributed by atoms with Crippen LogP contribution in [0, 0.1) is 0 Å². The molecule has 0 saturated heterocycles. The van der Waals surface area contributed by atoms with Crippen molar-refractivity contribution in [3.63, 3.8) is 0 Å². The lowest BCUT2D eigenvalue weighted by molar-refractivity contribution is -0.115. The summed E-state index contributed by atoms with van der Waals surface area (Å²) in [5.74, 6) is 1.25. The van der Waals surface area contributed by atoms with E-state index in [4.69, 9.17) is 9.47 Å². The topological polar surface area (TPSA) is 47.6 Å². The Bertz CT molecular complexity index is 719. The van der Waals surface area contributed by atoms with Crippen LogP contribution in [0.1, 0.15) is 19.4 Å². The van der Waals surface area contributed by atoms with Crippen molar-refractivity contribution in [3.8, 4) is 11.5 Å². The molecular formula is C19H22BrNO3S. The van der Waals surface area contributed by atoms with Crippen LogP contribution in [0.25, 0.3) is 0 Å². The molecule has 25 heavy (non-hydrogen) atoms. The quantitative estimate of drug-likeness (QED) is 0.596. The van der Waals surface area contributed by atoms with Crippen molar-refractivity contribution in [2.75, 3.05) is 24.8 Å². The van der Waals surface area contributed by atoms with Crippen molar-refractivity contribution in [2.24, 2.45) is 0 Å². The molecule has 0 heterocycles. The van der Waals surface area contributed by atoms with Crippen LogP contribution >= 0.6 is 27.7 Å². The summed E-state index contributed by atoms with van der Waals surface area (Å²) < 4.78 is 12.0. The lowest BCUT2D eigenvalue weighted by Gasteiger charge is -2.14. The number of benzene rings is 2. The molecule has 1 amide bonds. The second kappa shape index (κ2) is 9.73. The highest BCUT2D eigenvalue weighted by Crippen LogP contribution is 2.34. The molecule has 0 aromatic heterocycles. The van der Waals surface area contributed by atoms with Gasteiger partial charge in [0.05, 0.1) is 19.6 Å². The summed E-state index contributed by atoms with van der Waals surface area (Å²) >= 11 is 5.18. The number of rotatable bonds is 8. The van der Waals surface area contributed by atoms with Crippen molar-refractivity contribution < 1.29 is 14.3 Å². The molecule has 1 N–H and O–H groups in total. The van der Waals surface area contributed by atoms with Gasteiger partial charge in [-0.25, -0.2) is 0 Å². The highest BCUT2D eigenvalue weighted by Gasteiger charge is 2.13. The molecule has 0 radical (unpaired) electrons. The number of carbonyl (C=O) groups excluding carboxylic acids is 1. The van der Waals surface area contributed by atoms with Crippen LogP contribution in [0.5, 0.6) is 11.5 Å². The molecule has 2 rings (SSSR count). The minimum Gasteiger partial charge on any atom is -0.490 e. The Morgan fingerprint density at radius 3 is 2.24 bits per heavy atom. The van der Waals surface area contributed by atoms with Gasteiger partial charge >= 0.3 is 0 Å². The van der Waals surface area contributed by atoms with E-state index in [9.17, 15) is 4.79 Å². The smallest absolute Gasteiger partial charge is 0.228 e. The van der Waals surface area contributed by atoms with Gasteiger partial charge in [0.25, 0.3) is 0 Å². The second-order valence-corrected chi connectivity index (χ2v) is 6.94. The highest BCUT2D eigenvalue weighted by molar-refractivity contribution is 9.10. The highest BCUT2D eigenvalue weighted by atomic mass is 79.9. The summed E-state index contributed by atoms with van der Waals surface area (Å²) in [4.78, 5) is 13.5. The minimum atomic E-state index is -0.0794. The average Bonchev–Trinajstić information content (AvgIpc) is 2.60. The van der Waals surface area contributed by atoms with E-state index in [2.05, 4.69) is 21.2 Å². The Kier molecular flexibility index (Phi) is 7.65. The number of halogens is 1. The molecule has 2 aromatic rings. The fourth-order valence-electron chi connectivity index (χ4n) is 2.30. The molecular weight excluding hydrogens is 402 g/mol. The van der Waals surface area contributed by atoms with E-state index < -0.39 is 0 Å². The number of hydrogen-bond acceptors (Lipinski definition) is 4. The standard InChI is InChI=1S/C19H22BrNO3S/c1-4-23-17-10-13(16(20)12-18(17)24-5-2)11-19(22)21-14-6-8-15(25-3)9-7-14/h6-10,12H,4-5,11H2,1-3H3,(H,21,22). The molecule has 0 spiro atoms. The number of carbonyl (C=O) groups is 1. The van der Waals surface area contributed by atoms with Crippen molar-refractivity contribution in [1.82, 2.24) is 0 Å². The van der Waals surface area contributed by atoms with Crippen LogP contribution < -0.4 is 14.8 Å². The van der Waals surface area contributed by atoms with Gasteiger partial charge in [0.1, 0.15) is 0 Å². The Balaban J connectivity index is 2.11. The summed E-state index contributed by atoms with van der Waals surface area (Å²) in [6.45, 7) is 4.93. The third-order valence-corrected chi connectivity index (χ3v) is 4.92. The molecule has 0 aliphatic heterocycles. The molecule has 134 valence electrons. The fourth-order valence-corrected chi connectivity index (χ4v) is 3.17. The van der Waals surface area contributed by atoms with Gasteiger partial charge in [0.15, 0.2) is 11.5 Å². The van der Waals surface area contributed by atoms with Gasteiger partial charge < -0.3 is 14.8 Å². The van der Waals surface area contributed by atoms with Gasteiger partial charge in [-0.3, -0.25) is 4.79 Å². The SMILES string of the molecule is CCOc1cc(Br)c(CC(=O)Nc2ccc(SC)cc2)cc1OCC. The van der Waals surface area contributed by atoms with Crippen molar-refractivity contribution in [3.05, 3.63) is 46.4 Å². The zero-order chi connectivity index (χ0) is 18.2. The van der Waals surface area contributed by atoms with Crippen molar-refractivity contribution in [1.29, 1.82) is 0 Å². The number of thioether (sulfide) groups is 1. The van der Waals surface area contributed by atoms with Gasteiger partial charge in [-0.1, -0.05) is 15.9 Å². The first-order valence-corrected chi connectivity index (χ1v) is 10.1. The number of anilines is 1. The molecule has 0 saturated carbocycles. The first kappa shape index (κ1) is 19.7. The van der Waals surface area contributed by atoms with Crippen molar-refractivity contribution >= 4 is 39.3 Å². The zero-order valence-electron chi connectivity index (χ0n) is 14.6. The molecule has 0 bridgehead atoms. The van der Waals surface area contributed by atoms with Crippen LogP contribution in [0.15, 0.2) is 45.8 Å². The first-order chi connectivity index (χ1) is 12.1. The summed E-state index contributed by atoms with van der Waals surface area (Å²) in [5, 5.41) is 2.92. The first-order valence-electron chi connectivity index (χ1n) is 8.09. The fraction of sp³-hybridized carbons (Fsp3) is 0.316. The monoisotopic (exact) mass is 423 g/mol. The van der Waals surface area contributed by atoms with Crippen LogP contribution in [0.3, 0.4) is 0 Å². The number of amides is 1. The van der Waals surface area contributed by atoms with E-state index in [0.717, 1.165) is 20.6 Å². The molecule has 0 fully saturated rings. The van der Waals surface area contributed by atoms with Crippen LogP contribution in [0.4, 0.5) is 5.69 Å². The average molecular weight is 424 g/mol. The van der Waals surface area contributed by atoms with Crippen LogP contribution in [-0.4, -0.2) is 25.4 Å². The van der Waals surface area contributed by atoms with E-state index in [1.807, 2.05) is 56.5 Å². The molecule has 0 aliphatic rings. The molecule has 0 unspecified atom stereocenters. The number of hydrogen-bond donors (Lipinski definition) is 1. The van der Waals surface area contributed by atoms with Gasteiger partial charge in [-0.05, 0) is 62.1 Å². The second-order valence-electron chi connectivity index (χ2n) is 5.21. The lowest BCUT2D eigenvalue weighted by atomic mass is 10.1. The van der Waals surface area contributed by atoms with Gasteiger partial charge in [0, 0.05) is 15.1 Å². The summed E-state index contributed by atoms with van der Waals surface area (Å²) in [5.41, 5.74) is 1.64. The maximum absolute atomic E-state index is 12.4. The Hall–Kier alpha value is -1.66. The molecule has 4 nitrogen and oxygen atoms in total. The number of nitrogens with one attached hydrogen (secondary N) is 1. The van der Waals surface area contributed by atoms with Gasteiger partial charge in [0.2, 0.25) is 5.91 Å². The molecule has 2 aromatic carbocycles. The van der Waals surface area contributed by atoms with E-state index in [0.29, 0.717) is 24.7 Å². The summed E-state index contributed by atoms with van der Waals surface area (Å²) in [6.07, 6.45) is 2.27. The molecule has 0 aliphatic carbocycles. The van der Waals surface area contributed by atoms with E-state index >= 15 is 0 Å².